The highest BCUT2D eigenvalue weighted by Crippen LogP contribution is 2.16. The first-order valence-electron chi connectivity index (χ1n) is 5.40. The van der Waals surface area contributed by atoms with E-state index in [1.54, 1.807) is 0 Å². The summed E-state index contributed by atoms with van der Waals surface area (Å²) >= 11 is 1.88. The molecule has 3 nitrogen and oxygen atoms in total. The van der Waals surface area contributed by atoms with E-state index in [9.17, 15) is 0 Å². The first-order chi connectivity index (χ1) is 7.17. The summed E-state index contributed by atoms with van der Waals surface area (Å²) in [6, 6.07) is 0.978. The first kappa shape index (κ1) is 12.6. The Balaban J connectivity index is 2.56. The Kier molecular flexibility index (Phi) is 5.19. The minimum absolute atomic E-state index is 0.431. The summed E-state index contributed by atoms with van der Waals surface area (Å²) in [5.74, 6) is 1.15. The van der Waals surface area contributed by atoms with Gasteiger partial charge in [-0.3, -0.25) is 4.68 Å². The van der Waals surface area contributed by atoms with Gasteiger partial charge in [-0.25, -0.2) is 0 Å². The summed E-state index contributed by atoms with van der Waals surface area (Å²) < 4.78 is 1.86. The molecule has 86 valence electrons. The Labute approximate surface area is 96.6 Å². The number of aryl methyl sites for hydroxylation is 1. The van der Waals surface area contributed by atoms with Crippen LogP contribution < -0.4 is 5.32 Å². The van der Waals surface area contributed by atoms with E-state index in [0.717, 1.165) is 12.2 Å². The van der Waals surface area contributed by atoms with Crippen molar-refractivity contribution in [2.24, 2.45) is 7.05 Å². The molecule has 1 N–H and O–H groups in total. The van der Waals surface area contributed by atoms with Crippen molar-refractivity contribution in [3.8, 4) is 0 Å². The lowest BCUT2D eigenvalue weighted by molar-refractivity contribution is 0.470. The van der Waals surface area contributed by atoms with Gasteiger partial charge in [-0.1, -0.05) is 6.92 Å². The molecule has 0 aliphatic rings. The quantitative estimate of drug-likeness (QED) is 0.808. The number of nitrogens with zero attached hydrogens (tertiary/aromatic N) is 2. The molecule has 0 aromatic carbocycles. The highest BCUT2D eigenvalue weighted by molar-refractivity contribution is 7.98. The maximum absolute atomic E-state index is 4.21. The SMILES string of the molecule is CCC(NC(C)CSC)c1cnn(C)c1. The topological polar surface area (TPSA) is 29.9 Å². The van der Waals surface area contributed by atoms with Crippen molar-refractivity contribution in [3.63, 3.8) is 0 Å². The largest absolute Gasteiger partial charge is 0.307 e. The van der Waals surface area contributed by atoms with Crippen LogP contribution in [0.4, 0.5) is 0 Å². The zero-order valence-corrected chi connectivity index (χ0v) is 10.8. The van der Waals surface area contributed by atoms with Gasteiger partial charge in [-0.15, -0.1) is 0 Å². The van der Waals surface area contributed by atoms with Crippen LogP contribution in [0.2, 0.25) is 0 Å². The lowest BCUT2D eigenvalue weighted by atomic mass is 10.1. The van der Waals surface area contributed by atoms with Crippen molar-refractivity contribution in [3.05, 3.63) is 18.0 Å². The molecule has 0 fully saturated rings. The Hall–Kier alpha value is -0.480. The molecular formula is C11H21N3S. The lowest BCUT2D eigenvalue weighted by Gasteiger charge is -2.20. The third-order valence-corrected chi connectivity index (χ3v) is 3.27. The summed E-state index contributed by atoms with van der Waals surface area (Å²) in [7, 11) is 1.96. The molecule has 0 radical (unpaired) electrons. The van der Waals surface area contributed by atoms with Gasteiger partial charge in [-0.2, -0.15) is 16.9 Å². The van der Waals surface area contributed by atoms with Gasteiger partial charge in [-0.05, 0) is 19.6 Å². The fourth-order valence-electron chi connectivity index (χ4n) is 1.71. The number of thioether (sulfide) groups is 1. The van der Waals surface area contributed by atoms with Gasteiger partial charge >= 0.3 is 0 Å². The van der Waals surface area contributed by atoms with Gasteiger partial charge in [0.15, 0.2) is 0 Å². The third-order valence-electron chi connectivity index (χ3n) is 2.44. The molecule has 15 heavy (non-hydrogen) atoms. The van der Waals surface area contributed by atoms with Gasteiger partial charge in [0, 0.05) is 36.6 Å². The highest BCUT2D eigenvalue weighted by atomic mass is 32.2. The van der Waals surface area contributed by atoms with E-state index in [4.69, 9.17) is 0 Å². The highest BCUT2D eigenvalue weighted by Gasteiger charge is 2.13. The lowest BCUT2D eigenvalue weighted by Crippen LogP contribution is -2.31. The third kappa shape index (κ3) is 3.87. The van der Waals surface area contributed by atoms with Gasteiger partial charge in [0.2, 0.25) is 0 Å². The van der Waals surface area contributed by atoms with E-state index < -0.39 is 0 Å². The molecule has 1 aromatic rings. The van der Waals surface area contributed by atoms with E-state index in [-0.39, 0.29) is 0 Å². The standard InChI is InChI=1S/C11H21N3S/c1-5-11(13-9(2)8-15-4)10-6-12-14(3)7-10/h6-7,9,11,13H,5,8H2,1-4H3. The average Bonchev–Trinajstić information content (AvgIpc) is 2.61. The smallest absolute Gasteiger partial charge is 0.0537 e. The molecule has 0 bridgehead atoms. The average molecular weight is 227 g/mol. The van der Waals surface area contributed by atoms with Crippen LogP contribution in [0.5, 0.6) is 0 Å². The second-order valence-electron chi connectivity index (χ2n) is 3.93. The van der Waals surface area contributed by atoms with Crippen LogP contribution in [0.3, 0.4) is 0 Å². The molecular weight excluding hydrogens is 206 g/mol. The zero-order valence-electron chi connectivity index (χ0n) is 10.0. The van der Waals surface area contributed by atoms with Gasteiger partial charge < -0.3 is 5.32 Å². The molecule has 0 spiro atoms. The number of hydrogen-bond donors (Lipinski definition) is 1. The van der Waals surface area contributed by atoms with Crippen LogP contribution in [-0.4, -0.2) is 27.8 Å². The molecule has 0 aliphatic heterocycles. The Morgan fingerprint density at radius 1 is 1.60 bits per heavy atom. The van der Waals surface area contributed by atoms with Crippen molar-refractivity contribution in [1.82, 2.24) is 15.1 Å². The van der Waals surface area contributed by atoms with Crippen molar-refractivity contribution in [2.75, 3.05) is 12.0 Å². The molecule has 0 aliphatic carbocycles. The monoisotopic (exact) mass is 227 g/mol. The molecule has 1 rings (SSSR count). The summed E-state index contributed by atoms with van der Waals surface area (Å²) in [5, 5.41) is 7.83. The van der Waals surface area contributed by atoms with Crippen molar-refractivity contribution >= 4 is 11.8 Å². The fourth-order valence-corrected chi connectivity index (χ4v) is 2.31. The molecule has 1 aromatic heterocycles. The van der Waals surface area contributed by atoms with Crippen LogP contribution in [-0.2, 0) is 7.05 Å². The van der Waals surface area contributed by atoms with Crippen molar-refractivity contribution < 1.29 is 0 Å². The van der Waals surface area contributed by atoms with E-state index in [1.165, 1.54) is 5.56 Å². The van der Waals surface area contributed by atoms with Crippen molar-refractivity contribution in [1.29, 1.82) is 0 Å². The Bertz CT molecular complexity index is 285. The van der Waals surface area contributed by atoms with Gasteiger partial charge in [0.1, 0.15) is 0 Å². The summed E-state index contributed by atoms with van der Waals surface area (Å²) in [6.07, 6.45) is 7.29. The van der Waals surface area contributed by atoms with Crippen LogP contribution in [0.1, 0.15) is 31.9 Å². The van der Waals surface area contributed by atoms with Gasteiger partial charge in [0.05, 0.1) is 6.20 Å². The molecule has 2 atom stereocenters. The number of nitrogens with one attached hydrogen (secondary N) is 1. The maximum Gasteiger partial charge on any atom is 0.0537 e. The normalized spacial score (nSPS) is 15.2. The van der Waals surface area contributed by atoms with Crippen LogP contribution in [0.15, 0.2) is 12.4 Å². The van der Waals surface area contributed by atoms with E-state index >= 15 is 0 Å². The molecule has 0 saturated carbocycles. The zero-order chi connectivity index (χ0) is 11.3. The molecule has 2 unspecified atom stereocenters. The summed E-state index contributed by atoms with van der Waals surface area (Å²) in [5.41, 5.74) is 1.29. The predicted octanol–water partition coefficient (Wildman–Crippen LogP) is 2.21. The van der Waals surface area contributed by atoms with E-state index in [0.29, 0.717) is 12.1 Å². The second kappa shape index (κ2) is 6.18. The Morgan fingerprint density at radius 3 is 2.80 bits per heavy atom. The van der Waals surface area contributed by atoms with Gasteiger partial charge in [0.25, 0.3) is 0 Å². The predicted molar refractivity (Wildman–Crippen MR) is 67.2 cm³/mol. The number of aromatic nitrogens is 2. The Morgan fingerprint density at radius 2 is 2.33 bits per heavy atom. The van der Waals surface area contributed by atoms with Crippen LogP contribution >= 0.6 is 11.8 Å². The number of hydrogen-bond acceptors (Lipinski definition) is 3. The summed E-state index contributed by atoms with van der Waals surface area (Å²) in [4.78, 5) is 0. The number of rotatable bonds is 6. The molecule has 0 saturated heterocycles. The minimum atomic E-state index is 0.431. The molecule has 4 heteroatoms. The minimum Gasteiger partial charge on any atom is -0.307 e. The van der Waals surface area contributed by atoms with Crippen LogP contribution in [0.25, 0.3) is 0 Å². The molecule has 1 heterocycles. The maximum atomic E-state index is 4.21. The second-order valence-corrected chi connectivity index (χ2v) is 4.84. The molecule has 0 amide bonds. The summed E-state index contributed by atoms with van der Waals surface area (Å²) in [6.45, 7) is 4.44. The van der Waals surface area contributed by atoms with Crippen LogP contribution in [0, 0.1) is 0 Å². The van der Waals surface area contributed by atoms with Crippen molar-refractivity contribution in [2.45, 2.75) is 32.4 Å². The fraction of sp³-hybridized carbons (Fsp3) is 0.727. The van der Waals surface area contributed by atoms with E-state index in [1.807, 2.05) is 29.7 Å². The first-order valence-corrected chi connectivity index (χ1v) is 6.80. The van der Waals surface area contributed by atoms with E-state index in [2.05, 4.69) is 36.7 Å².